The van der Waals surface area contributed by atoms with Gasteiger partial charge in [0.25, 0.3) is 5.91 Å². The van der Waals surface area contributed by atoms with E-state index in [0.29, 0.717) is 11.6 Å². The van der Waals surface area contributed by atoms with E-state index in [-0.39, 0.29) is 24.4 Å². The second kappa shape index (κ2) is 6.84. The van der Waals surface area contributed by atoms with Crippen molar-refractivity contribution in [2.24, 2.45) is 11.8 Å². The fourth-order valence-corrected chi connectivity index (χ4v) is 2.88. The van der Waals surface area contributed by atoms with E-state index in [1.807, 2.05) is 38.3 Å². The molecule has 1 fully saturated rings. The summed E-state index contributed by atoms with van der Waals surface area (Å²) in [6.07, 6.45) is 0.844. The average molecular weight is 318 g/mol. The van der Waals surface area contributed by atoms with Gasteiger partial charge in [-0.3, -0.25) is 9.59 Å². The first kappa shape index (κ1) is 16.4. The van der Waals surface area contributed by atoms with Crippen LogP contribution < -0.4 is 5.32 Å². The molecule has 0 saturated heterocycles. The Morgan fingerprint density at radius 1 is 1.41 bits per heavy atom. The first-order valence-corrected chi connectivity index (χ1v) is 7.87. The van der Waals surface area contributed by atoms with Crippen molar-refractivity contribution in [3.63, 3.8) is 0 Å². The number of thiocyanates is 1. The number of anilines is 1. The van der Waals surface area contributed by atoms with Gasteiger partial charge in [0.15, 0.2) is 6.61 Å². The Labute approximate surface area is 134 Å². The van der Waals surface area contributed by atoms with Gasteiger partial charge < -0.3 is 10.1 Å². The van der Waals surface area contributed by atoms with E-state index in [1.54, 1.807) is 0 Å². The van der Waals surface area contributed by atoms with Crippen molar-refractivity contribution in [3.05, 3.63) is 23.3 Å². The minimum Gasteiger partial charge on any atom is -0.455 e. The Morgan fingerprint density at radius 2 is 2.00 bits per heavy atom. The monoisotopic (exact) mass is 318 g/mol. The number of aryl methyl sites for hydroxylation is 2. The molecule has 0 unspecified atom stereocenters. The number of benzene rings is 1. The smallest absolute Gasteiger partial charge is 0.309 e. The van der Waals surface area contributed by atoms with Crippen LogP contribution in [-0.4, -0.2) is 18.5 Å². The van der Waals surface area contributed by atoms with E-state index in [4.69, 9.17) is 10.00 Å². The number of carbonyl (C=O) groups excluding carboxylic acids is 2. The Balaban J connectivity index is 1.94. The van der Waals surface area contributed by atoms with Crippen molar-refractivity contribution < 1.29 is 14.3 Å². The zero-order chi connectivity index (χ0) is 16.3. The summed E-state index contributed by atoms with van der Waals surface area (Å²) < 4.78 is 5.01. The number of amides is 1. The van der Waals surface area contributed by atoms with Crippen LogP contribution in [0, 0.1) is 36.3 Å². The summed E-state index contributed by atoms with van der Waals surface area (Å²) >= 11 is 1.08. The molecule has 5 nitrogen and oxygen atoms in total. The molecule has 1 N–H and O–H groups in total. The van der Waals surface area contributed by atoms with E-state index in [9.17, 15) is 9.59 Å². The maximum absolute atomic E-state index is 11.9. The Hall–Kier alpha value is -2.00. The quantitative estimate of drug-likeness (QED) is 0.513. The molecule has 1 aliphatic rings. The number of esters is 1. The van der Waals surface area contributed by atoms with Gasteiger partial charge in [-0.1, -0.05) is 6.92 Å². The van der Waals surface area contributed by atoms with Crippen LogP contribution in [-0.2, 0) is 14.3 Å². The number of hydrogen-bond acceptors (Lipinski definition) is 5. The van der Waals surface area contributed by atoms with Gasteiger partial charge in [-0.2, -0.15) is 5.26 Å². The lowest BCUT2D eigenvalue weighted by Crippen LogP contribution is -2.22. The van der Waals surface area contributed by atoms with Crippen molar-refractivity contribution >= 4 is 29.3 Å². The van der Waals surface area contributed by atoms with Gasteiger partial charge in [0.1, 0.15) is 5.40 Å². The Kier molecular flexibility index (Phi) is 5.09. The highest BCUT2D eigenvalue weighted by atomic mass is 32.2. The molecule has 0 spiro atoms. The maximum Gasteiger partial charge on any atom is 0.309 e. The van der Waals surface area contributed by atoms with Gasteiger partial charge in [-0.25, -0.2) is 0 Å². The van der Waals surface area contributed by atoms with Gasteiger partial charge in [-0.15, -0.1) is 0 Å². The van der Waals surface area contributed by atoms with Crippen LogP contribution >= 0.6 is 11.8 Å². The maximum atomic E-state index is 11.9. The average Bonchev–Trinajstić information content (AvgIpc) is 3.18. The molecule has 0 aromatic heterocycles. The van der Waals surface area contributed by atoms with Gasteiger partial charge in [0, 0.05) is 10.6 Å². The SMILES string of the molecule is Cc1cc(SC#N)cc(C)c1NC(=O)COC(=O)[C@@H]1C[C@H]1C. The van der Waals surface area contributed by atoms with Gasteiger partial charge in [0.05, 0.1) is 5.92 Å². The first-order chi connectivity index (χ1) is 10.4. The molecule has 1 amide bonds. The molecule has 6 heteroatoms. The molecule has 0 heterocycles. The minimum absolute atomic E-state index is 0.0430. The molecule has 2 rings (SSSR count). The zero-order valence-electron chi connectivity index (χ0n) is 12.8. The third-order valence-corrected chi connectivity index (χ3v) is 4.25. The second-order valence-electron chi connectivity index (χ2n) is 5.60. The molecular formula is C16H18N2O3S. The summed E-state index contributed by atoms with van der Waals surface area (Å²) in [5.74, 6) is -0.325. The van der Waals surface area contributed by atoms with Crippen LogP contribution in [0.3, 0.4) is 0 Å². The Bertz CT molecular complexity index is 628. The predicted molar refractivity (Wildman–Crippen MR) is 84.2 cm³/mol. The number of nitriles is 1. The summed E-state index contributed by atoms with van der Waals surface area (Å²) in [5.41, 5.74) is 2.43. The van der Waals surface area contributed by atoms with Crippen LogP contribution in [0.4, 0.5) is 5.69 Å². The van der Waals surface area contributed by atoms with Crippen molar-refractivity contribution in [2.75, 3.05) is 11.9 Å². The summed E-state index contributed by atoms with van der Waals surface area (Å²) in [4.78, 5) is 24.3. The predicted octanol–water partition coefficient (Wildman–Crippen LogP) is 3.01. The lowest BCUT2D eigenvalue weighted by Gasteiger charge is -2.13. The largest absolute Gasteiger partial charge is 0.455 e. The van der Waals surface area contributed by atoms with E-state index in [2.05, 4.69) is 5.32 Å². The zero-order valence-corrected chi connectivity index (χ0v) is 13.6. The van der Waals surface area contributed by atoms with Crippen LogP contribution in [0.25, 0.3) is 0 Å². The third-order valence-electron chi connectivity index (χ3n) is 3.69. The molecule has 1 saturated carbocycles. The normalized spacial score (nSPS) is 19.2. The van der Waals surface area contributed by atoms with E-state index >= 15 is 0 Å². The summed E-state index contributed by atoms with van der Waals surface area (Å²) in [5, 5.41) is 13.5. The number of nitrogens with one attached hydrogen (secondary N) is 1. The van der Waals surface area contributed by atoms with Crippen LogP contribution in [0.5, 0.6) is 0 Å². The molecule has 1 aromatic carbocycles. The number of thioether (sulfide) groups is 1. The van der Waals surface area contributed by atoms with E-state index < -0.39 is 0 Å². The molecule has 1 aromatic rings. The van der Waals surface area contributed by atoms with Crippen LogP contribution in [0.1, 0.15) is 24.5 Å². The molecule has 0 bridgehead atoms. The summed E-state index contributed by atoms with van der Waals surface area (Å²) in [6, 6.07) is 3.68. The number of nitrogens with zero attached hydrogens (tertiary/aromatic N) is 1. The minimum atomic E-state index is -0.353. The Morgan fingerprint density at radius 3 is 2.50 bits per heavy atom. The lowest BCUT2D eigenvalue weighted by atomic mass is 10.1. The molecule has 2 atom stereocenters. The molecule has 0 radical (unpaired) electrons. The topological polar surface area (TPSA) is 79.2 Å². The highest BCUT2D eigenvalue weighted by molar-refractivity contribution is 8.03. The van der Waals surface area contributed by atoms with Crippen LogP contribution in [0.15, 0.2) is 17.0 Å². The molecule has 0 aliphatic heterocycles. The van der Waals surface area contributed by atoms with Crippen molar-refractivity contribution in [2.45, 2.75) is 32.1 Å². The first-order valence-electron chi connectivity index (χ1n) is 7.06. The fourth-order valence-electron chi connectivity index (χ4n) is 2.30. The number of rotatable bonds is 5. The van der Waals surface area contributed by atoms with Crippen molar-refractivity contribution in [1.29, 1.82) is 5.26 Å². The van der Waals surface area contributed by atoms with E-state index in [0.717, 1.165) is 34.2 Å². The standard InChI is InChI=1S/C16H18N2O3S/c1-9-6-13(9)16(20)21-7-14(19)18-15-10(2)4-12(22-8-17)5-11(15)3/h4-5,9,13H,6-7H2,1-3H3,(H,18,19)/t9-,13-/m1/s1. The number of hydrogen-bond donors (Lipinski definition) is 1. The molecule has 1 aliphatic carbocycles. The molecule has 116 valence electrons. The fraction of sp³-hybridized carbons (Fsp3) is 0.438. The van der Waals surface area contributed by atoms with Crippen molar-refractivity contribution in [1.82, 2.24) is 0 Å². The van der Waals surface area contributed by atoms with Gasteiger partial charge >= 0.3 is 5.97 Å². The van der Waals surface area contributed by atoms with Gasteiger partial charge in [-0.05, 0) is 61.2 Å². The lowest BCUT2D eigenvalue weighted by molar-refractivity contribution is -0.148. The summed E-state index contributed by atoms with van der Waals surface area (Å²) in [7, 11) is 0. The van der Waals surface area contributed by atoms with Crippen LogP contribution in [0.2, 0.25) is 0 Å². The summed E-state index contributed by atoms with van der Waals surface area (Å²) in [6.45, 7) is 5.44. The van der Waals surface area contributed by atoms with E-state index in [1.165, 1.54) is 0 Å². The number of ether oxygens (including phenoxy) is 1. The number of carbonyl (C=O) groups is 2. The highest BCUT2D eigenvalue weighted by Gasteiger charge is 2.40. The van der Waals surface area contributed by atoms with Crippen molar-refractivity contribution in [3.8, 4) is 5.40 Å². The highest BCUT2D eigenvalue weighted by Crippen LogP contribution is 2.38. The third kappa shape index (κ3) is 4.01. The molecule has 22 heavy (non-hydrogen) atoms. The molecular weight excluding hydrogens is 300 g/mol. The van der Waals surface area contributed by atoms with Gasteiger partial charge in [0.2, 0.25) is 0 Å². The second-order valence-corrected chi connectivity index (χ2v) is 6.46.